The topological polar surface area (TPSA) is 73.4 Å². The summed E-state index contributed by atoms with van der Waals surface area (Å²) >= 11 is 0. The maximum atomic E-state index is 14.2. The van der Waals surface area contributed by atoms with Crippen LogP contribution in [0.1, 0.15) is 11.1 Å². The molecule has 2 aliphatic heterocycles. The minimum Gasteiger partial charge on any atom is -0.368 e. The van der Waals surface area contributed by atoms with E-state index in [1.54, 1.807) is 36.9 Å². The van der Waals surface area contributed by atoms with E-state index < -0.39 is 5.82 Å². The van der Waals surface area contributed by atoms with Gasteiger partial charge in [0.2, 0.25) is 0 Å². The number of nitrogens with zero attached hydrogens (tertiary/aromatic N) is 4. The normalized spacial score (nSPS) is 16.8. The Morgan fingerprint density at radius 1 is 1.09 bits per heavy atom. The molecular weight excluding hydrogens is 407 g/mol. The number of benzene rings is 2. The first-order valence-corrected chi connectivity index (χ1v) is 10.5. The van der Waals surface area contributed by atoms with Crippen LogP contribution < -0.4 is 20.4 Å². The summed E-state index contributed by atoms with van der Waals surface area (Å²) in [5, 5.41) is 5.85. The Morgan fingerprint density at radius 3 is 2.66 bits per heavy atom. The average molecular weight is 430 g/mol. The zero-order valence-corrected chi connectivity index (χ0v) is 17.7. The Labute approximate surface area is 185 Å². The van der Waals surface area contributed by atoms with E-state index in [2.05, 4.69) is 43.4 Å². The van der Waals surface area contributed by atoms with Crippen molar-refractivity contribution < 1.29 is 9.18 Å². The van der Waals surface area contributed by atoms with E-state index in [1.807, 2.05) is 12.1 Å². The third-order valence-electron chi connectivity index (χ3n) is 5.85. The number of aromatic nitrogens is 2. The lowest BCUT2D eigenvalue weighted by Gasteiger charge is -2.37. The van der Waals surface area contributed by atoms with Crippen LogP contribution in [-0.2, 0) is 4.79 Å². The maximum absolute atomic E-state index is 14.2. The van der Waals surface area contributed by atoms with Gasteiger partial charge in [-0.15, -0.1) is 0 Å². The zero-order valence-electron chi connectivity index (χ0n) is 17.7. The standard InChI is InChI=1S/C24H23FN6O/c1-16-13-17(28-14-18-23-19(25)3-2-4-20(23)29-24(18)32)5-6-21(16)30-9-11-31(12-10-30)22-15-26-7-8-27-22/h2-8,13-15,28H,9-12H2,1H3,(H,29,32). The molecule has 3 aromatic rings. The number of piperazine rings is 1. The summed E-state index contributed by atoms with van der Waals surface area (Å²) in [6.45, 7) is 5.61. The van der Waals surface area contributed by atoms with Crippen molar-refractivity contribution in [3.63, 3.8) is 0 Å². The number of halogens is 1. The van der Waals surface area contributed by atoms with Crippen LogP contribution in [-0.4, -0.2) is 42.1 Å². The molecule has 1 amide bonds. The van der Waals surface area contributed by atoms with Crippen molar-refractivity contribution in [2.75, 3.05) is 46.6 Å². The lowest BCUT2D eigenvalue weighted by Crippen LogP contribution is -2.47. The summed E-state index contributed by atoms with van der Waals surface area (Å²) in [4.78, 5) is 25.4. The predicted molar refractivity (Wildman–Crippen MR) is 124 cm³/mol. The quantitative estimate of drug-likeness (QED) is 0.616. The van der Waals surface area contributed by atoms with Crippen LogP contribution in [0.2, 0.25) is 0 Å². The van der Waals surface area contributed by atoms with Crippen molar-refractivity contribution in [3.8, 4) is 0 Å². The lowest BCUT2D eigenvalue weighted by atomic mass is 10.1. The number of rotatable bonds is 4. The molecule has 0 unspecified atom stereocenters. The Balaban J connectivity index is 1.28. The third-order valence-corrected chi connectivity index (χ3v) is 5.85. The highest BCUT2D eigenvalue weighted by Gasteiger charge is 2.27. The van der Waals surface area contributed by atoms with Gasteiger partial charge in [-0.3, -0.25) is 9.78 Å². The molecule has 0 bridgehead atoms. The minimum atomic E-state index is -0.416. The molecule has 162 valence electrons. The van der Waals surface area contributed by atoms with Crippen molar-refractivity contribution in [2.45, 2.75) is 6.92 Å². The largest absolute Gasteiger partial charge is 0.368 e. The molecule has 1 aromatic heterocycles. The van der Waals surface area contributed by atoms with E-state index >= 15 is 0 Å². The van der Waals surface area contributed by atoms with E-state index in [-0.39, 0.29) is 5.91 Å². The Hall–Kier alpha value is -3.94. The molecule has 2 N–H and O–H groups in total. The van der Waals surface area contributed by atoms with Gasteiger partial charge in [0, 0.05) is 61.7 Å². The van der Waals surface area contributed by atoms with Gasteiger partial charge in [0.05, 0.1) is 17.5 Å². The Bertz CT molecular complexity index is 1190. The number of fused-ring (bicyclic) bond motifs is 1. The molecule has 0 aliphatic carbocycles. The van der Waals surface area contributed by atoms with Crippen molar-refractivity contribution in [2.24, 2.45) is 0 Å². The van der Waals surface area contributed by atoms with Crippen molar-refractivity contribution in [1.82, 2.24) is 9.97 Å². The molecule has 0 saturated carbocycles. The molecule has 0 radical (unpaired) electrons. The van der Waals surface area contributed by atoms with Gasteiger partial charge in [-0.1, -0.05) is 6.07 Å². The lowest BCUT2D eigenvalue weighted by molar-refractivity contribution is -0.110. The Kier molecular flexibility index (Phi) is 5.18. The van der Waals surface area contributed by atoms with E-state index in [0.29, 0.717) is 16.8 Å². The summed E-state index contributed by atoms with van der Waals surface area (Å²) in [7, 11) is 0. The van der Waals surface area contributed by atoms with Crippen LogP contribution in [0.5, 0.6) is 0 Å². The monoisotopic (exact) mass is 430 g/mol. The van der Waals surface area contributed by atoms with Gasteiger partial charge < -0.3 is 20.4 Å². The molecule has 1 fully saturated rings. The number of aryl methyl sites for hydroxylation is 1. The number of hydrogen-bond acceptors (Lipinski definition) is 6. The van der Waals surface area contributed by atoms with Crippen LogP contribution >= 0.6 is 0 Å². The second-order valence-corrected chi connectivity index (χ2v) is 7.86. The summed E-state index contributed by atoms with van der Waals surface area (Å²) in [5.41, 5.74) is 4.24. The van der Waals surface area contributed by atoms with Gasteiger partial charge in [0.15, 0.2) is 0 Å². The fraction of sp³-hybridized carbons (Fsp3) is 0.208. The van der Waals surface area contributed by atoms with E-state index in [1.165, 1.54) is 11.8 Å². The molecule has 7 nitrogen and oxygen atoms in total. The van der Waals surface area contributed by atoms with Gasteiger partial charge >= 0.3 is 0 Å². The zero-order chi connectivity index (χ0) is 22.1. The molecule has 2 aliphatic rings. The van der Waals surface area contributed by atoms with Crippen LogP contribution in [0, 0.1) is 12.7 Å². The fourth-order valence-corrected chi connectivity index (χ4v) is 4.23. The summed E-state index contributed by atoms with van der Waals surface area (Å²) in [5.74, 6) is 0.179. The number of amides is 1. The molecule has 5 rings (SSSR count). The first-order chi connectivity index (χ1) is 15.6. The van der Waals surface area contributed by atoms with E-state index in [0.717, 1.165) is 43.2 Å². The molecule has 2 aromatic carbocycles. The van der Waals surface area contributed by atoms with Crippen molar-refractivity contribution in [3.05, 3.63) is 78.1 Å². The summed E-state index contributed by atoms with van der Waals surface area (Å²) in [6.07, 6.45) is 6.77. The van der Waals surface area contributed by atoms with E-state index in [4.69, 9.17) is 0 Å². The highest BCUT2D eigenvalue weighted by Crippen LogP contribution is 2.34. The van der Waals surface area contributed by atoms with Crippen molar-refractivity contribution in [1.29, 1.82) is 0 Å². The molecule has 1 saturated heterocycles. The van der Waals surface area contributed by atoms with Crippen LogP contribution in [0.25, 0.3) is 5.57 Å². The minimum absolute atomic E-state index is 0.292. The number of nitrogens with one attached hydrogen (secondary N) is 2. The van der Waals surface area contributed by atoms with Crippen LogP contribution in [0.4, 0.5) is 27.3 Å². The summed E-state index contributed by atoms with van der Waals surface area (Å²) in [6, 6.07) is 10.7. The average Bonchev–Trinajstić information content (AvgIpc) is 3.15. The number of carbonyl (C=O) groups excluding carboxylic acids is 1. The number of anilines is 4. The molecule has 8 heteroatoms. The molecule has 0 spiro atoms. The maximum Gasteiger partial charge on any atom is 0.257 e. The first-order valence-electron chi connectivity index (χ1n) is 10.5. The smallest absolute Gasteiger partial charge is 0.257 e. The van der Waals surface area contributed by atoms with Gasteiger partial charge in [-0.05, 0) is 42.8 Å². The molecule has 32 heavy (non-hydrogen) atoms. The van der Waals surface area contributed by atoms with Gasteiger partial charge in [0.25, 0.3) is 5.91 Å². The predicted octanol–water partition coefficient (Wildman–Crippen LogP) is 3.66. The Morgan fingerprint density at radius 2 is 1.91 bits per heavy atom. The SMILES string of the molecule is Cc1cc(NC=C2C(=O)Nc3cccc(F)c32)ccc1N1CCN(c2cnccn2)CC1. The van der Waals surface area contributed by atoms with Crippen LogP contribution in [0.3, 0.4) is 0 Å². The van der Waals surface area contributed by atoms with Crippen LogP contribution in [0.15, 0.2) is 61.2 Å². The summed E-state index contributed by atoms with van der Waals surface area (Å²) < 4.78 is 14.2. The second kappa shape index (κ2) is 8.30. The molecular formula is C24H23FN6O. The number of hydrogen-bond donors (Lipinski definition) is 2. The second-order valence-electron chi connectivity index (χ2n) is 7.86. The number of carbonyl (C=O) groups is 1. The van der Waals surface area contributed by atoms with Crippen molar-refractivity contribution >= 4 is 34.4 Å². The van der Waals surface area contributed by atoms with Gasteiger partial charge in [-0.2, -0.15) is 0 Å². The molecule has 3 heterocycles. The van der Waals surface area contributed by atoms with E-state index in [9.17, 15) is 9.18 Å². The molecule has 0 atom stereocenters. The van der Waals surface area contributed by atoms with Gasteiger partial charge in [-0.25, -0.2) is 9.37 Å². The first kappa shape index (κ1) is 20.0. The highest BCUT2D eigenvalue weighted by atomic mass is 19.1. The fourth-order valence-electron chi connectivity index (χ4n) is 4.23. The highest BCUT2D eigenvalue weighted by molar-refractivity contribution is 6.31. The third kappa shape index (κ3) is 3.75. The van der Waals surface area contributed by atoms with Gasteiger partial charge in [0.1, 0.15) is 11.6 Å².